The Labute approximate surface area is 118 Å². The van der Waals surface area contributed by atoms with E-state index in [9.17, 15) is 4.79 Å². The number of pyridine rings is 1. The van der Waals surface area contributed by atoms with E-state index in [1.54, 1.807) is 30.3 Å². The van der Waals surface area contributed by atoms with E-state index in [4.69, 9.17) is 9.84 Å². The molecule has 1 aliphatic rings. The number of carbonyl (C=O) groups excluding carboxylic acids is 1. The van der Waals surface area contributed by atoms with Gasteiger partial charge in [-0.15, -0.1) is 0 Å². The highest BCUT2D eigenvalue weighted by Crippen LogP contribution is 2.14. The molecule has 106 valence electrons. The zero-order chi connectivity index (χ0) is 14.4. The van der Waals surface area contributed by atoms with Crippen molar-refractivity contribution >= 4 is 5.91 Å². The van der Waals surface area contributed by atoms with Crippen molar-refractivity contribution in [3.05, 3.63) is 29.6 Å². The molecule has 1 aromatic rings. The number of likely N-dealkylation sites (N-methyl/N-ethyl adjacent to an activating group) is 1. The van der Waals surface area contributed by atoms with Gasteiger partial charge in [0.25, 0.3) is 5.91 Å². The monoisotopic (exact) mass is 274 g/mol. The number of aliphatic hydroxyl groups is 1. The van der Waals surface area contributed by atoms with Gasteiger partial charge in [0.1, 0.15) is 12.3 Å². The van der Waals surface area contributed by atoms with E-state index in [-0.39, 0.29) is 18.6 Å². The van der Waals surface area contributed by atoms with Crippen molar-refractivity contribution in [2.75, 3.05) is 26.8 Å². The molecule has 1 amide bonds. The van der Waals surface area contributed by atoms with Gasteiger partial charge < -0.3 is 14.7 Å². The van der Waals surface area contributed by atoms with Crippen molar-refractivity contribution in [3.63, 3.8) is 0 Å². The van der Waals surface area contributed by atoms with E-state index >= 15 is 0 Å². The average molecular weight is 274 g/mol. The number of ether oxygens (including phenoxy) is 1. The Morgan fingerprint density at radius 2 is 2.50 bits per heavy atom. The summed E-state index contributed by atoms with van der Waals surface area (Å²) in [6.45, 7) is 1.08. The lowest BCUT2D eigenvalue weighted by molar-refractivity contribution is 0.0582. The maximum Gasteiger partial charge on any atom is 0.273 e. The molecule has 0 radical (unpaired) electrons. The first-order valence-electron chi connectivity index (χ1n) is 6.64. The molecule has 0 saturated carbocycles. The number of hydrogen-bond acceptors (Lipinski definition) is 4. The summed E-state index contributed by atoms with van der Waals surface area (Å²) < 4.78 is 5.53. The summed E-state index contributed by atoms with van der Waals surface area (Å²) in [7, 11) is 1.74. The maximum atomic E-state index is 12.4. The van der Waals surface area contributed by atoms with Gasteiger partial charge in [-0.25, -0.2) is 4.98 Å². The van der Waals surface area contributed by atoms with Crippen LogP contribution in [0.4, 0.5) is 0 Å². The molecule has 0 aromatic carbocycles. The zero-order valence-corrected chi connectivity index (χ0v) is 11.5. The number of nitrogens with zero attached hydrogens (tertiary/aromatic N) is 2. The molecule has 20 heavy (non-hydrogen) atoms. The topological polar surface area (TPSA) is 62.7 Å². The molecular weight excluding hydrogens is 256 g/mol. The van der Waals surface area contributed by atoms with Crippen molar-refractivity contribution in [2.24, 2.45) is 0 Å². The average Bonchev–Trinajstić information content (AvgIpc) is 2.97. The van der Waals surface area contributed by atoms with Crippen LogP contribution in [0.2, 0.25) is 0 Å². The first-order valence-corrected chi connectivity index (χ1v) is 6.64. The molecule has 1 unspecified atom stereocenters. The molecule has 2 rings (SSSR count). The highest BCUT2D eigenvalue weighted by Gasteiger charge is 2.22. The van der Waals surface area contributed by atoms with Crippen LogP contribution in [0.5, 0.6) is 0 Å². The molecule has 1 aliphatic heterocycles. The molecule has 5 heteroatoms. The van der Waals surface area contributed by atoms with Crippen LogP contribution in [0, 0.1) is 11.8 Å². The van der Waals surface area contributed by atoms with Gasteiger partial charge in [0, 0.05) is 26.4 Å². The van der Waals surface area contributed by atoms with Crippen LogP contribution < -0.4 is 0 Å². The Kier molecular flexibility index (Phi) is 5.10. The summed E-state index contributed by atoms with van der Waals surface area (Å²) in [5, 5.41) is 8.75. The fraction of sp³-hybridized carbons (Fsp3) is 0.467. The zero-order valence-electron chi connectivity index (χ0n) is 11.5. The summed E-state index contributed by atoms with van der Waals surface area (Å²) in [6, 6.07) is 3.45. The van der Waals surface area contributed by atoms with Gasteiger partial charge >= 0.3 is 0 Å². The number of rotatable bonds is 3. The predicted octanol–water partition coefficient (Wildman–Crippen LogP) is 0.676. The van der Waals surface area contributed by atoms with Gasteiger partial charge in [0.2, 0.25) is 0 Å². The Bertz CT molecular complexity index is 527. The Morgan fingerprint density at radius 1 is 1.65 bits per heavy atom. The first kappa shape index (κ1) is 14.5. The van der Waals surface area contributed by atoms with Crippen molar-refractivity contribution < 1.29 is 14.6 Å². The Balaban J connectivity index is 2.11. The van der Waals surface area contributed by atoms with Gasteiger partial charge in [-0.2, -0.15) is 0 Å². The summed E-state index contributed by atoms with van der Waals surface area (Å²) in [5.41, 5.74) is 0.847. The van der Waals surface area contributed by atoms with Crippen molar-refractivity contribution in [3.8, 4) is 11.8 Å². The summed E-state index contributed by atoms with van der Waals surface area (Å²) in [5.74, 6) is 5.12. The molecule has 1 aromatic heterocycles. The predicted molar refractivity (Wildman–Crippen MR) is 74.1 cm³/mol. The number of amides is 1. The summed E-state index contributed by atoms with van der Waals surface area (Å²) in [4.78, 5) is 18.1. The van der Waals surface area contributed by atoms with E-state index in [0.717, 1.165) is 19.4 Å². The Hall–Kier alpha value is -1.90. The van der Waals surface area contributed by atoms with Gasteiger partial charge in [-0.3, -0.25) is 4.79 Å². The second kappa shape index (κ2) is 7.04. The minimum atomic E-state index is -0.242. The number of hydrogen-bond donors (Lipinski definition) is 1. The molecule has 0 bridgehead atoms. The lowest BCUT2D eigenvalue weighted by Crippen LogP contribution is -2.34. The van der Waals surface area contributed by atoms with Crippen molar-refractivity contribution in [2.45, 2.75) is 18.9 Å². The third-order valence-corrected chi connectivity index (χ3v) is 3.16. The third-order valence-electron chi connectivity index (χ3n) is 3.16. The van der Waals surface area contributed by atoms with Crippen LogP contribution in [-0.2, 0) is 4.74 Å². The van der Waals surface area contributed by atoms with Crippen LogP contribution in [0.15, 0.2) is 18.3 Å². The second-order valence-corrected chi connectivity index (χ2v) is 4.68. The van der Waals surface area contributed by atoms with E-state index in [1.807, 2.05) is 0 Å². The van der Waals surface area contributed by atoms with Crippen LogP contribution in [0.25, 0.3) is 0 Å². The molecule has 5 nitrogen and oxygen atoms in total. The fourth-order valence-electron chi connectivity index (χ4n) is 2.17. The molecule has 0 aliphatic carbocycles. The van der Waals surface area contributed by atoms with E-state index in [1.165, 1.54) is 0 Å². The number of aromatic nitrogens is 1. The lowest BCUT2D eigenvalue weighted by Gasteiger charge is -2.20. The lowest BCUT2D eigenvalue weighted by atomic mass is 10.1. The normalized spacial score (nSPS) is 17.4. The van der Waals surface area contributed by atoms with Crippen LogP contribution in [-0.4, -0.2) is 53.8 Å². The van der Waals surface area contributed by atoms with E-state index in [0.29, 0.717) is 17.8 Å². The highest BCUT2D eigenvalue weighted by molar-refractivity contribution is 5.94. The van der Waals surface area contributed by atoms with E-state index < -0.39 is 0 Å². The largest absolute Gasteiger partial charge is 0.384 e. The first-order chi connectivity index (χ1) is 9.72. The summed E-state index contributed by atoms with van der Waals surface area (Å²) >= 11 is 0. The SMILES string of the molecule is CN(CC1CCCO1)C(=O)c1ncccc1C#CCO. The molecule has 1 atom stereocenters. The second-order valence-electron chi connectivity index (χ2n) is 4.68. The highest BCUT2D eigenvalue weighted by atomic mass is 16.5. The van der Waals surface area contributed by atoms with Gasteiger partial charge in [-0.1, -0.05) is 11.8 Å². The number of aliphatic hydroxyl groups excluding tert-OH is 1. The van der Waals surface area contributed by atoms with Crippen molar-refractivity contribution in [1.82, 2.24) is 9.88 Å². The standard InChI is InChI=1S/C15H18N2O3/c1-17(11-13-7-4-10-20-13)15(19)14-12(6-3-9-18)5-2-8-16-14/h2,5,8,13,18H,4,7,9-11H2,1H3. The minimum absolute atomic E-state index is 0.111. The van der Waals surface area contributed by atoms with Gasteiger partial charge in [0.15, 0.2) is 0 Å². The maximum absolute atomic E-state index is 12.4. The van der Waals surface area contributed by atoms with Gasteiger partial charge in [-0.05, 0) is 25.0 Å². The van der Waals surface area contributed by atoms with Crippen molar-refractivity contribution in [1.29, 1.82) is 0 Å². The number of carbonyl (C=O) groups is 1. The van der Waals surface area contributed by atoms with Crippen LogP contribution >= 0.6 is 0 Å². The molecule has 1 fully saturated rings. The Morgan fingerprint density at radius 3 is 3.20 bits per heavy atom. The molecule has 1 saturated heterocycles. The quantitative estimate of drug-likeness (QED) is 0.823. The molecule has 1 N–H and O–H groups in total. The van der Waals surface area contributed by atoms with Crippen LogP contribution in [0.3, 0.4) is 0 Å². The van der Waals surface area contributed by atoms with Gasteiger partial charge in [0.05, 0.1) is 11.7 Å². The van der Waals surface area contributed by atoms with Crippen LogP contribution in [0.1, 0.15) is 28.9 Å². The fourth-order valence-corrected chi connectivity index (χ4v) is 2.17. The molecule has 0 spiro atoms. The summed E-state index contributed by atoms with van der Waals surface area (Å²) in [6.07, 6.45) is 3.71. The third kappa shape index (κ3) is 3.56. The smallest absolute Gasteiger partial charge is 0.273 e. The van der Waals surface area contributed by atoms with E-state index in [2.05, 4.69) is 16.8 Å². The molecular formula is C15H18N2O3. The molecule has 2 heterocycles. The minimum Gasteiger partial charge on any atom is -0.384 e.